The number of hydrogen-bond donors (Lipinski definition) is 2. The minimum Gasteiger partial charge on any atom is -0.493 e. The minimum atomic E-state index is 0.503. The summed E-state index contributed by atoms with van der Waals surface area (Å²) < 4.78 is 13.1. The van der Waals surface area contributed by atoms with Crippen LogP contribution in [0.2, 0.25) is 0 Å². The summed E-state index contributed by atoms with van der Waals surface area (Å²) in [7, 11) is 1.63. The number of ether oxygens (including phenoxy) is 2. The van der Waals surface area contributed by atoms with Crippen molar-refractivity contribution < 1.29 is 9.47 Å². The van der Waals surface area contributed by atoms with E-state index in [2.05, 4.69) is 39.0 Å². The normalized spacial score (nSPS) is 11.6. The van der Waals surface area contributed by atoms with Crippen LogP contribution in [0.25, 0.3) is 0 Å². The van der Waals surface area contributed by atoms with Crippen LogP contribution in [0.5, 0.6) is 11.5 Å². The molecule has 1 aromatic heterocycles. The van der Waals surface area contributed by atoms with Crippen LogP contribution in [0.1, 0.15) is 33.5 Å². The second-order valence-corrected chi connectivity index (χ2v) is 6.51. The van der Waals surface area contributed by atoms with Gasteiger partial charge in [0.25, 0.3) is 0 Å². The van der Waals surface area contributed by atoms with Crippen LogP contribution in [0.4, 0.5) is 5.69 Å². The number of nitrogens with zero attached hydrogens (tertiary/aromatic N) is 3. The van der Waals surface area contributed by atoms with Crippen molar-refractivity contribution in [3.63, 3.8) is 0 Å². The Kier molecular flexibility index (Phi) is 7.98. The fourth-order valence-corrected chi connectivity index (χ4v) is 2.66. The maximum Gasteiger partial charge on any atom is 0.196 e. The molecule has 2 aromatic rings. The number of aliphatic imine (C=N–C) groups is 1. The first kappa shape index (κ1) is 20.6. The summed E-state index contributed by atoms with van der Waals surface area (Å²) in [4.78, 5) is 9.10. The molecule has 7 nitrogen and oxygen atoms in total. The highest BCUT2D eigenvalue weighted by Gasteiger charge is 2.08. The third kappa shape index (κ3) is 6.20. The van der Waals surface area contributed by atoms with E-state index in [1.807, 2.05) is 44.4 Å². The lowest BCUT2D eigenvalue weighted by Crippen LogP contribution is -2.30. The number of hydrogen-bond acceptors (Lipinski definition) is 4. The van der Waals surface area contributed by atoms with Gasteiger partial charge in [-0.2, -0.15) is 0 Å². The lowest BCUT2D eigenvalue weighted by atomic mass is 10.2. The van der Waals surface area contributed by atoms with Gasteiger partial charge in [0.1, 0.15) is 12.4 Å². The van der Waals surface area contributed by atoms with E-state index in [0.717, 1.165) is 30.4 Å². The van der Waals surface area contributed by atoms with Crippen LogP contribution >= 0.6 is 0 Å². The molecular weight excluding hydrogens is 342 g/mol. The smallest absolute Gasteiger partial charge is 0.196 e. The van der Waals surface area contributed by atoms with Gasteiger partial charge in [-0.15, -0.1) is 0 Å². The number of benzene rings is 1. The molecule has 0 aliphatic carbocycles. The Labute approximate surface area is 161 Å². The predicted molar refractivity (Wildman–Crippen MR) is 110 cm³/mol. The van der Waals surface area contributed by atoms with Gasteiger partial charge in [-0.05, 0) is 31.9 Å². The van der Waals surface area contributed by atoms with Crippen LogP contribution in [0.3, 0.4) is 0 Å². The van der Waals surface area contributed by atoms with E-state index >= 15 is 0 Å². The number of imidazole rings is 1. The first-order chi connectivity index (χ1) is 13.1. The predicted octanol–water partition coefficient (Wildman–Crippen LogP) is 3.52. The molecule has 0 amide bonds. The molecule has 0 saturated heterocycles. The summed E-state index contributed by atoms with van der Waals surface area (Å²) in [6.07, 6.45) is 3.83. The summed E-state index contributed by atoms with van der Waals surface area (Å²) in [6, 6.07) is 5.74. The quantitative estimate of drug-likeness (QED) is 0.520. The van der Waals surface area contributed by atoms with Crippen LogP contribution in [0, 0.1) is 5.92 Å². The number of guanidine groups is 1. The molecule has 0 spiro atoms. The van der Waals surface area contributed by atoms with Gasteiger partial charge < -0.3 is 24.7 Å². The third-order valence-corrected chi connectivity index (χ3v) is 3.81. The molecule has 148 valence electrons. The van der Waals surface area contributed by atoms with Crippen molar-refractivity contribution in [2.24, 2.45) is 10.9 Å². The van der Waals surface area contributed by atoms with Crippen molar-refractivity contribution in [2.45, 2.75) is 40.8 Å². The monoisotopic (exact) mass is 373 g/mol. The molecule has 2 N–H and O–H groups in total. The van der Waals surface area contributed by atoms with Crippen LogP contribution in [-0.2, 0) is 13.1 Å². The second-order valence-electron chi connectivity index (χ2n) is 6.51. The molecule has 1 heterocycles. The molecule has 0 atom stereocenters. The molecule has 2 rings (SSSR count). The average molecular weight is 374 g/mol. The van der Waals surface area contributed by atoms with Gasteiger partial charge in [-0.3, -0.25) is 0 Å². The zero-order valence-corrected chi connectivity index (χ0v) is 17.0. The van der Waals surface area contributed by atoms with E-state index < -0.39 is 0 Å². The summed E-state index contributed by atoms with van der Waals surface area (Å²) >= 11 is 0. The van der Waals surface area contributed by atoms with Gasteiger partial charge in [0, 0.05) is 37.2 Å². The van der Waals surface area contributed by atoms with Crippen molar-refractivity contribution in [2.75, 3.05) is 25.6 Å². The molecule has 0 saturated carbocycles. The van der Waals surface area contributed by atoms with E-state index in [0.29, 0.717) is 30.8 Å². The largest absolute Gasteiger partial charge is 0.493 e. The highest BCUT2D eigenvalue weighted by molar-refractivity contribution is 5.93. The third-order valence-electron chi connectivity index (χ3n) is 3.81. The van der Waals surface area contributed by atoms with Gasteiger partial charge in [-0.25, -0.2) is 9.98 Å². The fraction of sp³-hybridized carbons (Fsp3) is 0.500. The molecule has 7 heteroatoms. The molecule has 1 aromatic carbocycles. The lowest BCUT2D eigenvalue weighted by Gasteiger charge is -2.14. The van der Waals surface area contributed by atoms with Gasteiger partial charge in [0.2, 0.25) is 0 Å². The van der Waals surface area contributed by atoms with E-state index in [4.69, 9.17) is 9.47 Å². The molecule has 0 unspecified atom stereocenters. The molecule has 27 heavy (non-hydrogen) atoms. The number of anilines is 1. The number of methoxy groups -OCH3 is 1. The summed E-state index contributed by atoms with van der Waals surface area (Å²) in [6.45, 7) is 11.2. The van der Waals surface area contributed by atoms with E-state index in [1.54, 1.807) is 7.11 Å². The number of nitrogens with one attached hydrogen (secondary N) is 2. The van der Waals surface area contributed by atoms with E-state index in [1.165, 1.54) is 0 Å². The molecule has 0 aliphatic rings. The fourth-order valence-electron chi connectivity index (χ4n) is 2.66. The van der Waals surface area contributed by atoms with Crippen molar-refractivity contribution in [3.8, 4) is 11.5 Å². The molecular formula is C20H31N5O2. The molecule has 0 fully saturated rings. The van der Waals surface area contributed by atoms with Crippen molar-refractivity contribution in [3.05, 3.63) is 36.4 Å². The Balaban J connectivity index is 2.13. The topological polar surface area (TPSA) is 72.7 Å². The van der Waals surface area contributed by atoms with E-state index in [-0.39, 0.29) is 0 Å². The summed E-state index contributed by atoms with van der Waals surface area (Å²) in [5, 5.41) is 6.57. The molecule has 0 radical (unpaired) electrons. The Hall–Kier alpha value is -2.70. The maximum atomic E-state index is 5.57. The summed E-state index contributed by atoms with van der Waals surface area (Å²) in [5.74, 6) is 3.62. The van der Waals surface area contributed by atoms with Gasteiger partial charge in [0.05, 0.1) is 13.7 Å². The second kappa shape index (κ2) is 10.4. The number of rotatable bonds is 9. The average Bonchev–Trinajstić information content (AvgIpc) is 3.07. The van der Waals surface area contributed by atoms with Crippen LogP contribution in [0.15, 0.2) is 35.6 Å². The van der Waals surface area contributed by atoms with Crippen LogP contribution < -0.4 is 20.1 Å². The van der Waals surface area contributed by atoms with E-state index in [9.17, 15) is 0 Å². The summed E-state index contributed by atoms with van der Waals surface area (Å²) in [5.41, 5.74) is 0.875. The zero-order valence-electron chi connectivity index (χ0n) is 17.0. The Morgan fingerprint density at radius 1 is 1.26 bits per heavy atom. The van der Waals surface area contributed by atoms with Gasteiger partial charge in [0.15, 0.2) is 17.5 Å². The van der Waals surface area contributed by atoms with Gasteiger partial charge in [-0.1, -0.05) is 13.8 Å². The van der Waals surface area contributed by atoms with Crippen molar-refractivity contribution >= 4 is 11.6 Å². The van der Waals surface area contributed by atoms with Crippen molar-refractivity contribution in [1.29, 1.82) is 0 Å². The lowest BCUT2D eigenvalue weighted by molar-refractivity contribution is 0.311. The number of aromatic nitrogens is 2. The first-order valence-corrected chi connectivity index (χ1v) is 9.43. The molecule has 0 aliphatic heterocycles. The Bertz CT molecular complexity index is 740. The van der Waals surface area contributed by atoms with Gasteiger partial charge >= 0.3 is 0 Å². The standard InChI is InChI=1S/C20H31N5O2/c1-6-21-20(23-13-19-22-10-11-25(19)14-15(3)4)24-16-8-9-17(27-7-2)18(12-16)26-5/h8-12,15H,6-7,13-14H2,1-5H3,(H2,21,23,24). The highest BCUT2D eigenvalue weighted by Crippen LogP contribution is 2.30. The minimum absolute atomic E-state index is 0.503. The van der Waals surface area contributed by atoms with Crippen molar-refractivity contribution in [1.82, 2.24) is 14.9 Å². The Morgan fingerprint density at radius 2 is 2.07 bits per heavy atom. The van der Waals surface area contributed by atoms with Crippen LogP contribution in [-0.4, -0.2) is 35.8 Å². The maximum absolute atomic E-state index is 5.57. The highest BCUT2D eigenvalue weighted by atomic mass is 16.5. The Morgan fingerprint density at radius 3 is 2.74 bits per heavy atom. The first-order valence-electron chi connectivity index (χ1n) is 9.43. The SMILES string of the molecule is CCNC(=NCc1nccn1CC(C)C)Nc1ccc(OCC)c(OC)c1. The molecule has 0 bridgehead atoms. The zero-order chi connectivity index (χ0) is 19.6.